The topological polar surface area (TPSA) is 57.5 Å². The molecule has 0 aromatic heterocycles. The van der Waals surface area contributed by atoms with Gasteiger partial charge in [0.2, 0.25) is 0 Å². The fraction of sp³-hybridized carbons (Fsp3) is 0.923. The minimum Gasteiger partial charge on any atom is -0.396 e. The standard InChI is InChI=1S/C13H26O3/c1-3-11(9-14)5-7-13(16)8-6-12(4-2)10-15/h11-12,14-15H,3-10H2,1-2H3. The second kappa shape index (κ2) is 9.79. The second-order valence-electron chi connectivity index (χ2n) is 4.53. The van der Waals surface area contributed by atoms with E-state index < -0.39 is 0 Å². The Balaban J connectivity index is 3.65. The lowest BCUT2D eigenvalue weighted by Gasteiger charge is -2.12. The van der Waals surface area contributed by atoms with Crippen LogP contribution in [0.3, 0.4) is 0 Å². The van der Waals surface area contributed by atoms with E-state index in [9.17, 15) is 4.79 Å². The van der Waals surface area contributed by atoms with Gasteiger partial charge in [-0.15, -0.1) is 0 Å². The summed E-state index contributed by atoms with van der Waals surface area (Å²) in [6.07, 6.45) is 4.58. The van der Waals surface area contributed by atoms with Crippen LogP contribution < -0.4 is 0 Å². The lowest BCUT2D eigenvalue weighted by molar-refractivity contribution is -0.119. The molecule has 0 aromatic rings. The van der Waals surface area contributed by atoms with Crippen LogP contribution in [0.15, 0.2) is 0 Å². The largest absolute Gasteiger partial charge is 0.396 e. The predicted octanol–water partition coefficient (Wildman–Crippen LogP) is 2.15. The summed E-state index contributed by atoms with van der Waals surface area (Å²) in [5.74, 6) is 0.798. The zero-order chi connectivity index (χ0) is 12.4. The van der Waals surface area contributed by atoms with E-state index in [0.29, 0.717) is 12.8 Å². The maximum atomic E-state index is 11.6. The molecule has 96 valence electrons. The normalized spacial score (nSPS) is 14.8. The van der Waals surface area contributed by atoms with Crippen LogP contribution in [0.1, 0.15) is 52.4 Å². The average Bonchev–Trinajstić information content (AvgIpc) is 2.31. The molecule has 2 atom stereocenters. The Bertz CT molecular complexity index is 154. The Morgan fingerprint density at radius 3 is 1.56 bits per heavy atom. The number of carbonyl (C=O) groups is 1. The van der Waals surface area contributed by atoms with Crippen molar-refractivity contribution in [3.05, 3.63) is 0 Å². The van der Waals surface area contributed by atoms with Crippen LogP contribution in [0, 0.1) is 11.8 Å². The van der Waals surface area contributed by atoms with E-state index in [2.05, 4.69) is 0 Å². The Kier molecular flexibility index (Phi) is 9.54. The number of Topliss-reactive ketones (excluding diaryl/α,β-unsaturated/α-hetero) is 1. The molecular formula is C13H26O3. The third kappa shape index (κ3) is 6.96. The molecule has 0 rings (SSSR count). The maximum Gasteiger partial charge on any atom is 0.132 e. The van der Waals surface area contributed by atoms with Crippen LogP contribution in [0.2, 0.25) is 0 Å². The molecule has 0 aromatic carbocycles. The molecule has 0 fully saturated rings. The van der Waals surface area contributed by atoms with Crippen molar-refractivity contribution in [2.24, 2.45) is 11.8 Å². The summed E-state index contributed by atoms with van der Waals surface area (Å²) in [5, 5.41) is 18.0. The third-order valence-corrected chi connectivity index (χ3v) is 3.33. The van der Waals surface area contributed by atoms with Crippen molar-refractivity contribution in [3.8, 4) is 0 Å². The molecule has 3 heteroatoms. The lowest BCUT2D eigenvalue weighted by Crippen LogP contribution is -2.11. The van der Waals surface area contributed by atoms with Crippen LogP contribution in [0.5, 0.6) is 0 Å². The van der Waals surface area contributed by atoms with Crippen LogP contribution in [0.4, 0.5) is 0 Å². The molecule has 0 amide bonds. The lowest BCUT2D eigenvalue weighted by atomic mass is 9.95. The van der Waals surface area contributed by atoms with Crippen molar-refractivity contribution in [1.29, 1.82) is 0 Å². The molecule has 16 heavy (non-hydrogen) atoms. The fourth-order valence-electron chi connectivity index (χ4n) is 1.70. The number of hydrogen-bond donors (Lipinski definition) is 2. The van der Waals surface area contributed by atoms with Crippen LogP contribution in [-0.2, 0) is 4.79 Å². The van der Waals surface area contributed by atoms with E-state index in [1.165, 1.54) is 0 Å². The molecule has 2 N–H and O–H groups in total. The van der Waals surface area contributed by atoms with Gasteiger partial charge < -0.3 is 10.2 Å². The van der Waals surface area contributed by atoms with Gasteiger partial charge in [-0.25, -0.2) is 0 Å². The van der Waals surface area contributed by atoms with E-state index in [1.54, 1.807) is 0 Å². The minimum absolute atomic E-state index is 0.179. The van der Waals surface area contributed by atoms with Crippen molar-refractivity contribution < 1.29 is 15.0 Å². The van der Waals surface area contributed by atoms with Crippen molar-refractivity contribution in [3.63, 3.8) is 0 Å². The first-order valence-corrected chi connectivity index (χ1v) is 6.41. The molecule has 0 saturated heterocycles. The fourth-order valence-corrected chi connectivity index (χ4v) is 1.70. The molecule has 3 nitrogen and oxygen atoms in total. The van der Waals surface area contributed by atoms with Crippen molar-refractivity contribution in [1.82, 2.24) is 0 Å². The number of aliphatic hydroxyl groups is 2. The average molecular weight is 230 g/mol. The maximum absolute atomic E-state index is 11.6. The first-order chi connectivity index (χ1) is 7.67. The zero-order valence-corrected chi connectivity index (χ0v) is 10.6. The summed E-state index contributed by atoms with van der Waals surface area (Å²) >= 11 is 0. The van der Waals surface area contributed by atoms with E-state index >= 15 is 0 Å². The molecule has 0 radical (unpaired) electrons. The van der Waals surface area contributed by atoms with Gasteiger partial charge in [0.05, 0.1) is 0 Å². The van der Waals surface area contributed by atoms with Gasteiger partial charge in [-0.3, -0.25) is 4.79 Å². The number of rotatable bonds is 10. The Hall–Kier alpha value is -0.410. The van der Waals surface area contributed by atoms with E-state index in [4.69, 9.17) is 10.2 Å². The third-order valence-electron chi connectivity index (χ3n) is 3.33. The SMILES string of the molecule is CCC(CO)CCC(=O)CCC(CC)CO. The highest BCUT2D eigenvalue weighted by Crippen LogP contribution is 2.14. The van der Waals surface area contributed by atoms with E-state index in [-0.39, 0.29) is 30.8 Å². The zero-order valence-electron chi connectivity index (χ0n) is 10.6. The molecule has 0 heterocycles. The van der Waals surface area contributed by atoms with Crippen LogP contribution in [0.25, 0.3) is 0 Å². The van der Waals surface area contributed by atoms with Crippen molar-refractivity contribution in [2.75, 3.05) is 13.2 Å². The molecule has 0 saturated carbocycles. The van der Waals surface area contributed by atoms with Gasteiger partial charge in [0.25, 0.3) is 0 Å². The smallest absolute Gasteiger partial charge is 0.132 e. The molecule has 0 aliphatic rings. The number of ketones is 1. The molecule has 0 spiro atoms. The molecule has 2 unspecified atom stereocenters. The summed E-state index contributed by atoms with van der Waals surface area (Å²) in [6.45, 7) is 4.42. The van der Waals surface area contributed by atoms with Crippen molar-refractivity contribution >= 4 is 5.78 Å². The van der Waals surface area contributed by atoms with Gasteiger partial charge in [0, 0.05) is 26.1 Å². The number of carbonyl (C=O) groups excluding carboxylic acids is 1. The highest BCUT2D eigenvalue weighted by atomic mass is 16.3. The van der Waals surface area contributed by atoms with Crippen LogP contribution in [-0.4, -0.2) is 29.2 Å². The first-order valence-electron chi connectivity index (χ1n) is 6.41. The summed E-state index contributed by atoms with van der Waals surface area (Å²) < 4.78 is 0. The van der Waals surface area contributed by atoms with Gasteiger partial charge in [-0.2, -0.15) is 0 Å². The highest BCUT2D eigenvalue weighted by molar-refractivity contribution is 5.78. The number of aliphatic hydroxyl groups excluding tert-OH is 2. The molecular weight excluding hydrogens is 204 g/mol. The van der Waals surface area contributed by atoms with Gasteiger partial charge in [0.1, 0.15) is 5.78 Å². The van der Waals surface area contributed by atoms with Gasteiger partial charge in [-0.05, 0) is 24.7 Å². The number of hydrogen-bond acceptors (Lipinski definition) is 3. The summed E-state index contributed by atoms with van der Waals surface area (Å²) in [7, 11) is 0. The quantitative estimate of drug-likeness (QED) is 0.604. The highest BCUT2D eigenvalue weighted by Gasteiger charge is 2.11. The van der Waals surface area contributed by atoms with Crippen LogP contribution >= 0.6 is 0 Å². The Morgan fingerprint density at radius 2 is 1.31 bits per heavy atom. The first kappa shape index (κ1) is 15.6. The molecule has 0 bridgehead atoms. The minimum atomic E-state index is 0.179. The molecule has 0 aliphatic carbocycles. The summed E-state index contributed by atoms with van der Waals surface area (Å²) in [6, 6.07) is 0. The Morgan fingerprint density at radius 1 is 0.938 bits per heavy atom. The monoisotopic (exact) mass is 230 g/mol. The predicted molar refractivity (Wildman–Crippen MR) is 65.2 cm³/mol. The van der Waals surface area contributed by atoms with Gasteiger partial charge >= 0.3 is 0 Å². The van der Waals surface area contributed by atoms with E-state index in [1.807, 2.05) is 13.8 Å². The molecule has 0 aliphatic heterocycles. The second-order valence-corrected chi connectivity index (χ2v) is 4.53. The van der Waals surface area contributed by atoms with E-state index in [0.717, 1.165) is 25.7 Å². The summed E-state index contributed by atoms with van der Waals surface area (Å²) in [4.78, 5) is 11.6. The van der Waals surface area contributed by atoms with Gasteiger partial charge in [0.15, 0.2) is 0 Å². The van der Waals surface area contributed by atoms with Crippen molar-refractivity contribution in [2.45, 2.75) is 52.4 Å². The summed E-state index contributed by atoms with van der Waals surface area (Å²) in [5.41, 5.74) is 0. The Labute approximate surface area is 98.9 Å². The van der Waals surface area contributed by atoms with Gasteiger partial charge in [-0.1, -0.05) is 26.7 Å².